The second-order valence-electron chi connectivity index (χ2n) is 13.4. The van der Waals surface area contributed by atoms with Crippen molar-refractivity contribution in [2.45, 2.75) is 44.6 Å². The van der Waals surface area contributed by atoms with Crippen LogP contribution in [0.5, 0.6) is 11.5 Å². The van der Waals surface area contributed by atoms with Crippen LogP contribution >= 0.6 is 24.0 Å². The number of methoxy groups -OCH3 is 1. The molecule has 0 spiro atoms. The van der Waals surface area contributed by atoms with E-state index < -0.39 is 11.9 Å². The fourth-order valence-corrected chi connectivity index (χ4v) is 6.51. The van der Waals surface area contributed by atoms with E-state index in [0.717, 1.165) is 75.7 Å². The number of nitrogen functional groups attached to an aromatic ring is 2. The molecule has 298 valence electrons. The molecule has 6 N–H and O–H groups in total. The zero-order valence-electron chi connectivity index (χ0n) is 31.2. The third kappa shape index (κ3) is 15.0. The highest BCUT2D eigenvalue weighted by atomic mass is 35.5. The Morgan fingerprint density at radius 2 is 1.48 bits per heavy atom. The molecule has 1 aliphatic heterocycles. The van der Waals surface area contributed by atoms with Gasteiger partial charge >= 0.3 is 5.97 Å². The number of anilines is 2. The maximum absolute atomic E-state index is 13.2. The monoisotopic (exact) mass is 810 g/mol. The largest absolute Gasteiger partial charge is 1.00 e. The summed E-state index contributed by atoms with van der Waals surface area (Å²) in [5.41, 5.74) is 14.0. The van der Waals surface area contributed by atoms with Gasteiger partial charge in [-0.3, -0.25) is 9.59 Å². The number of carbonyl (C=O) groups excluding carboxylic acids is 3. The molecule has 1 aromatic heterocycles. The Hall–Kier alpha value is -4.08. The summed E-state index contributed by atoms with van der Waals surface area (Å²) < 4.78 is 16.7. The molecule has 14 nitrogen and oxygen atoms in total. The number of rotatable bonds is 19. The number of amides is 2. The van der Waals surface area contributed by atoms with E-state index in [2.05, 4.69) is 25.3 Å². The number of ether oxygens (including phenoxy) is 3. The molecular weight excluding hydrogens is 759 g/mol. The maximum Gasteiger partial charge on any atom is 0.343 e. The topological polar surface area (TPSA) is 184 Å². The van der Waals surface area contributed by atoms with Gasteiger partial charge in [0.2, 0.25) is 0 Å². The third-order valence-corrected chi connectivity index (χ3v) is 9.40. The van der Waals surface area contributed by atoms with Crippen LogP contribution < -0.4 is 44.0 Å². The number of carbonyl (C=O) groups is 3. The van der Waals surface area contributed by atoms with Crippen LogP contribution in [-0.2, 0) is 27.2 Å². The molecular formula is C37H53Cl3N8O6. The Morgan fingerprint density at radius 1 is 0.907 bits per heavy atom. The van der Waals surface area contributed by atoms with Gasteiger partial charge in [-0.2, -0.15) is 0 Å². The minimum Gasteiger partial charge on any atom is -1.00 e. The number of halogens is 3. The number of piperidine rings is 1. The third-order valence-electron chi connectivity index (χ3n) is 9.13. The quantitative estimate of drug-likeness (QED) is 0.0966. The molecule has 0 bridgehead atoms. The van der Waals surface area contributed by atoms with Gasteiger partial charge in [0.15, 0.2) is 35.7 Å². The van der Waals surface area contributed by atoms with Gasteiger partial charge < -0.3 is 58.1 Å². The number of likely N-dealkylation sites (tertiary alicyclic amines) is 1. The summed E-state index contributed by atoms with van der Waals surface area (Å²) in [5.74, 6) is 0.194. The second kappa shape index (κ2) is 23.0. The van der Waals surface area contributed by atoms with Crippen molar-refractivity contribution in [3.05, 3.63) is 70.5 Å². The molecule has 2 heterocycles. The highest BCUT2D eigenvalue weighted by molar-refractivity contribution is 6.31. The molecule has 2 amide bonds. The molecule has 3 aromatic rings. The van der Waals surface area contributed by atoms with Gasteiger partial charge in [-0.15, -0.1) is 12.4 Å². The lowest BCUT2D eigenvalue weighted by Gasteiger charge is -2.45. The summed E-state index contributed by atoms with van der Waals surface area (Å²) in [7, 11) is 5.24. The molecule has 4 rings (SSSR count). The Morgan fingerprint density at radius 3 is 2.04 bits per heavy atom. The van der Waals surface area contributed by atoms with Gasteiger partial charge in [0.05, 0.1) is 39.3 Å². The van der Waals surface area contributed by atoms with E-state index in [1.165, 1.54) is 18.2 Å². The number of nitrogens with zero attached hydrogens (tertiary/aromatic N) is 4. The highest BCUT2D eigenvalue weighted by Crippen LogP contribution is 2.25. The van der Waals surface area contributed by atoms with E-state index in [9.17, 15) is 14.4 Å². The lowest BCUT2D eigenvalue weighted by Crippen LogP contribution is -3.00. The van der Waals surface area contributed by atoms with Crippen molar-refractivity contribution in [3.63, 3.8) is 0 Å². The standard InChI is InChI=1S/C37H51ClN8O6.2ClH/c1-45(2)19-18-41-31(47)24-51-29-14-10-26(11-15-29)7-4-20-46(21-5-8-27-12-16-30(17-13-27)52-25-32(48)50-3)22-6-9-28(23-46)42-37(49)33-35(39)44-36(40)34(38)43-33;;/h10-17,28H,4-9,18-25H2,1-3H3,(H5-,39,40,41,42,44,47,49);2*1H. The van der Waals surface area contributed by atoms with Crippen LogP contribution in [0.2, 0.25) is 5.15 Å². The Labute approximate surface area is 335 Å². The summed E-state index contributed by atoms with van der Waals surface area (Å²) >= 11 is 6.05. The van der Waals surface area contributed by atoms with Gasteiger partial charge in [0.25, 0.3) is 11.8 Å². The fraction of sp³-hybridized carbons (Fsp3) is 0.486. The average Bonchev–Trinajstić information content (AvgIpc) is 3.12. The molecule has 0 saturated carbocycles. The number of esters is 1. The van der Waals surface area contributed by atoms with Gasteiger partial charge in [0, 0.05) is 25.9 Å². The molecule has 2 aromatic carbocycles. The SMILES string of the molecule is COC(=O)COc1ccc(CCC[N+]2(CCCc3ccc(OCC(=O)NCCN(C)C)cc3)CCCC(NC(=O)c3nc(Cl)c(N)nc3N)C2)cc1.Cl.[Cl-]. The number of quaternary nitrogens is 1. The predicted molar refractivity (Wildman–Crippen MR) is 207 cm³/mol. The van der Waals surface area contributed by atoms with E-state index in [1.807, 2.05) is 67.5 Å². The van der Waals surface area contributed by atoms with Gasteiger partial charge in [0.1, 0.15) is 11.5 Å². The first-order chi connectivity index (χ1) is 24.9. The van der Waals surface area contributed by atoms with Gasteiger partial charge in [-0.25, -0.2) is 14.8 Å². The summed E-state index contributed by atoms with van der Waals surface area (Å²) in [4.78, 5) is 46.8. The van der Waals surface area contributed by atoms with Crippen molar-refractivity contribution in [2.75, 3.05) is 85.2 Å². The number of nitrogens with two attached hydrogens (primary N) is 2. The number of likely N-dealkylation sites (N-methyl/N-ethyl adjacent to an activating group) is 1. The smallest absolute Gasteiger partial charge is 0.343 e. The van der Waals surface area contributed by atoms with E-state index in [1.54, 1.807) is 0 Å². The lowest BCUT2D eigenvalue weighted by molar-refractivity contribution is -0.933. The van der Waals surface area contributed by atoms with Crippen LogP contribution in [0.1, 0.15) is 47.3 Å². The fourth-order valence-electron chi connectivity index (χ4n) is 6.38. The number of aryl methyl sites for hydroxylation is 2. The molecule has 1 saturated heterocycles. The van der Waals surface area contributed by atoms with E-state index in [0.29, 0.717) is 18.0 Å². The van der Waals surface area contributed by atoms with Crippen LogP contribution in [0, 0.1) is 0 Å². The Bertz CT molecular complexity index is 1640. The normalized spacial score (nSPS) is 16.4. The Balaban J connectivity index is 0.00000504. The van der Waals surface area contributed by atoms with E-state index >= 15 is 0 Å². The maximum atomic E-state index is 13.2. The minimum absolute atomic E-state index is 0. The minimum atomic E-state index is -0.429. The van der Waals surface area contributed by atoms with Crippen molar-refractivity contribution in [3.8, 4) is 11.5 Å². The molecule has 1 fully saturated rings. The van der Waals surface area contributed by atoms with Crippen LogP contribution in [0.4, 0.5) is 11.6 Å². The molecule has 2 unspecified atom stereocenters. The van der Waals surface area contributed by atoms with Crippen molar-refractivity contribution in [1.29, 1.82) is 0 Å². The molecule has 1 aliphatic rings. The van der Waals surface area contributed by atoms with Gasteiger partial charge in [-0.05, 0) is 75.2 Å². The Kier molecular flexibility index (Phi) is 19.6. The first-order valence-corrected chi connectivity index (χ1v) is 18.0. The summed E-state index contributed by atoms with van der Waals surface area (Å²) in [6.07, 6.45) is 5.45. The lowest BCUT2D eigenvalue weighted by atomic mass is 9.99. The van der Waals surface area contributed by atoms with Crippen molar-refractivity contribution < 1.29 is 45.5 Å². The van der Waals surface area contributed by atoms with Gasteiger partial charge in [-0.1, -0.05) is 35.9 Å². The van der Waals surface area contributed by atoms with Crippen LogP contribution in [0.15, 0.2) is 48.5 Å². The molecule has 17 heteroatoms. The van der Waals surface area contributed by atoms with Crippen LogP contribution in [0.25, 0.3) is 0 Å². The predicted octanol–water partition coefficient (Wildman–Crippen LogP) is 0.303. The van der Waals surface area contributed by atoms with Crippen LogP contribution in [0.3, 0.4) is 0 Å². The molecule has 54 heavy (non-hydrogen) atoms. The highest BCUT2D eigenvalue weighted by Gasteiger charge is 2.35. The molecule has 0 radical (unpaired) electrons. The second-order valence-corrected chi connectivity index (χ2v) is 13.8. The number of aromatic nitrogens is 2. The van der Waals surface area contributed by atoms with Crippen molar-refractivity contribution in [1.82, 2.24) is 25.5 Å². The summed E-state index contributed by atoms with van der Waals surface area (Å²) in [6.45, 7) is 4.83. The molecule has 2 atom stereocenters. The average molecular weight is 812 g/mol. The number of hydrogen-bond donors (Lipinski definition) is 4. The van der Waals surface area contributed by atoms with Crippen LogP contribution in [-0.4, -0.2) is 117 Å². The molecule has 0 aliphatic carbocycles. The number of hydrogen-bond acceptors (Lipinski definition) is 11. The van der Waals surface area contributed by atoms with Crippen molar-refractivity contribution >= 4 is 53.4 Å². The first-order valence-electron chi connectivity index (χ1n) is 17.6. The van der Waals surface area contributed by atoms with Crippen molar-refractivity contribution in [2.24, 2.45) is 0 Å². The zero-order chi connectivity index (χ0) is 37.5. The van der Waals surface area contributed by atoms with E-state index in [-0.39, 0.29) is 72.5 Å². The first kappa shape index (κ1) is 46.1. The summed E-state index contributed by atoms with van der Waals surface area (Å²) in [6, 6.07) is 15.6. The number of benzene rings is 2. The van der Waals surface area contributed by atoms with E-state index in [4.69, 9.17) is 32.5 Å². The summed E-state index contributed by atoms with van der Waals surface area (Å²) in [5, 5.41) is 5.93. The zero-order valence-corrected chi connectivity index (χ0v) is 33.5. The number of nitrogens with one attached hydrogen (secondary N) is 2.